The van der Waals surface area contributed by atoms with Crippen molar-refractivity contribution in [3.8, 4) is 11.1 Å². The van der Waals surface area contributed by atoms with Crippen LogP contribution < -0.4 is 10.4 Å². The van der Waals surface area contributed by atoms with Crippen LogP contribution in [0.2, 0.25) is 0 Å². The molecule has 4 aliphatic carbocycles. The Morgan fingerprint density at radius 2 is 1.15 bits per heavy atom. The summed E-state index contributed by atoms with van der Waals surface area (Å²) in [4.78, 5) is 3.19. The highest BCUT2D eigenvalue weighted by atomic mass is 32.3. The largest absolute Gasteiger partial charge is 0.196 e. The van der Waals surface area contributed by atoms with Crippen LogP contribution in [0.3, 0.4) is 0 Å². The molecular formula is C66H50S. The Morgan fingerprint density at radius 3 is 1.90 bits per heavy atom. The Kier molecular flexibility index (Phi) is 8.68. The molecule has 0 amide bonds. The van der Waals surface area contributed by atoms with Gasteiger partial charge in [-0.3, -0.25) is 0 Å². The fourth-order valence-corrected chi connectivity index (χ4v) is 15.6. The maximum atomic E-state index is 2.69. The summed E-state index contributed by atoms with van der Waals surface area (Å²) in [5, 5.41) is 13.8. The van der Waals surface area contributed by atoms with Gasteiger partial charge in [0.05, 0.1) is 0 Å². The topological polar surface area (TPSA) is 0 Å². The summed E-state index contributed by atoms with van der Waals surface area (Å²) >= 11 is 0. The van der Waals surface area contributed by atoms with E-state index in [1.165, 1.54) is 115 Å². The molecule has 0 saturated carbocycles. The lowest BCUT2D eigenvalue weighted by atomic mass is 9.69. The molecule has 0 radical (unpaired) electrons. The van der Waals surface area contributed by atoms with Crippen LogP contribution >= 0.6 is 10.0 Å². The van der Waals surface area contributed by atoms with Crippen LogP contribution in [0.15, 0.2) is 228 Å². The Morgan fingerprint density at radius 1 is 0.507 bits per heavy atom. The van der Waals surface area contributed by atoms with Gasteiger partial charge in [-0.05, 0) is 164 Å². The monoisotopic (exact) mass is 874 g/mol. The summed E-state index contributed by atoms with van der Waals surface area (Å²) in [6.45, 7) is 0. The molecule has 14 rings (SSSR count). The van der Waals surface area contributed by atoms with Gasteiger partial charge in [0, 0.05) is 22.6 Å². The Hall–Kier alpha value is -7.19. The van der Waals surface area contributed by atoms with Crippen LogP contribution in [0, 0.1) is 11.8 Å². The summed E-state index contributed by atoms with van der Waals surface area (Å²) in [6, 6.07) is 62.0. The van der Waals surface area contributed by atoms with Crippen molar-refractivity contribution in [1.82, 2.24) is 0 Å². The van der Waals surface area contributed by atoms with Crippen LogP contribution in [0.25, 0.3) is 76.5 Å². The number of allylic oxidation sites excluding steroid dienone is 12. The standard InChI is InChI=1S/C66H50S/c1-67(2)61-38-48(49-36-37-57-55-23-12-19-45-18-11-22-54(63(45)55)56-25-13-24-51(49)66(56)57)34-35-50(61)58-39-59-60(40-62(58)67)65(47-32-28-44(29-33-47)42-16-7-4-8-17-42)53-21-10-9-20-52(53)64(59)46-30-26-43(27-31-46)41-14-5-3-6-15-41/h3-19,21-32,34-37,39-40,47-48,52H,20,33,38H2,1-2H3. The van der Waals surface area contributed by atoms with E-state index in [-0.39, 0.29) is 5.92 Å². The zero-order chi connectivity index (χ0) is 44.4. The van der Waals surface area contributed by atoms with Crippen molar-refractivity contribution >= 4 is 75.4 Å². The molecule has 67 heavy (non-hydrogen) atoms. The normalized spacial score (nSPS) is 20.8. The maximum absolute atomic E-state index is 2.69. The third kappa shape index (κ3) is 5.87. The van der Waals surface area contributed by atoms with Gasteiger partial charge in [0.2, 0.25) is 0 Å². The van der Waals surface area contributed by atoms with Crippen molar-refractivity contribution in [3.05, 3.63) is 256 Å². The number of rotatable bonds is 5. The lowest BCUT2D eigenvalue weighted by Gasteiger charge is -2.36. The lowest BCUT2D eigenvalue weighted by molar-refractivity contribution is 0.750. The maximum Gasteiger partial charge on any atom is 0.0139 e. The molecular weight excluding hydrogens is 825 g/mol. The van der Waals surface area contributed by atoms with Crippen LogP contribution in [-0.2, 0) is 0 Å². The van der Waals surface area contributed by atoms with E-state index < -0.39 is 10.0 Å². The fourth-order valence-electron chi connectivity index (χ4n) is 12.8. The Labute approximate surface area is 394 Å². The highest BCUT2D eigenvalue weighted by Crippen LogP contribution is 2.68. The highest BCUT2D eigenvalue weighted by molar-refractivity contribution is 8.36. The minimum absolute atomic E-state index is 0.287. The number of hydrogen-bond acceptors (Lipinski definition) is 0. The molecule has 0 spiro atoms. The minimum atomic E-state index is -1.31. The zero-order valence-corrected chi connectivity index (χ0v) is 38.8. The second-order valence-electron chi connectivity index (χ2n) is 19.7. The molecule has 0 N–H and O–H groups in total. The molecule has 0 saturated heterocycles. The van der Waals surface area contributed by atoms with Gasteiger partial charge in [0.1, 0.15) is 0 Å². The molecule has 0 bridgehead atoms. The average molecular weight is 875 g/mol. The summed E-state index contributed by atoms with van der Waals surface area (Å²) in [6.07, 6.45) is 27.8. The van der Waals surface area contributed by atoms with Crippen molar-refractivity contribution in [1.29, 1.82) is 0 Å². The summed E-state index contributed by atoms with van der Waals surface area (Å²) < 4.78 is 0. The van der Waals surface area contributed by atoms with Crippen molar-refractivity contribution in [3.63, 3.8) is 0 Å². The van der Waals surface area contributed by atoms with E-state index >= 15 is 0 Å². The van der Waals surface area contributed by atoms with Crippen molar-refractivity contribution in [2.75, 3.05) is 12.5 Å². The Bertz CT molecular complexity index is 3840. The van der Waals surface area contributed by atoms with E-state index in [1.807, 2.05) is 0 Å². The van der Waals surface area contributed by atoms with E-state index in [2.05, 4.69) is 225 Å². The molecule has 0 fully saturated rings. The third-order valence-corrected chi connectivity index (χ3v) is 19.1. The average Bonchev–Trinajstić information content (AvgIpc) is 3.61. The van der Waals surface area contributed by atoms with Gasteiger partial charge in [-0.1, -0.05) is 200 Å². The summed E-state index contributed by atoms with van der Waals surface area (Å²) in [7, 11) is -1.31. The smallest absolute Gasteiger partial charge is 0.0139 e. The lowest BCUT2D eigenvalue weighted by Crippen LogP contribution is -2.40. The molecule has 0 aromatic heterocycles. The van der Waals surface area contributed by atoms with Crippen LogP contribution in [0.1, 0.15) is 47.4 Å². The van der Waals surface area contributed by atoms with Gasteiger partial charge in [0.25, 0.3) is 0 Å². The molecule has 9 aromatic carbocycles. The molecule has 3 unspecified atom stereocenters. The molecule has 1 aliphatic heterocycles. The molecule has 5 aliphatic rings. The van der Waals surface area contributed by atoms with Gasteiger partial charge < -0.3 is 0 Å². The first-order chi connectivity index (χ1) is 33.0. The van der Waals surface area contributed by atoms with Gasteiger partial charge in [-0.25, -0.2) is 0 Å². The second-order valence-corrected chi connectivity index (χ2v) is 23.3. The van der Waals surface area contributed by atoms with Crippen molar-refractivity contribution in [2.45, 2.75) is 30.1 Å². The molecule has 9 aromatic rings. The zero-order valence-electron chi connectivity index (χ0n) is 38.0. The van der Waals surface area contributed by atoms with E-state index in [9.17, 15) is 0 Å². The molecule has 320 valence electrons. The van der Waals surface area contributed by atoms with E-state index in [0.717, 1.165) is 19.3 Å². The third-order valence-electron chi connectivity index (χ3n) is 16.0. The van der Waals surface area contributed by atoms with Crippen molar-refractivity contribution in [2.24, 2.45) is 11.8 Å². The second kappa shape index (κ2) is 14.9. The molecule has 3 atom stereocenters. The van der Waals surface area contributed by atoms with Crippen LogP contribution in [-0.4, -0.2) is 12.5 Å². The van der Waals surface area contributed by atoms with E-state index in [1.54, 1.807) is 9.80 Å². The summed E-state index contributed by atoms with van der Waals surface area (Å²) in [5.74, 6) is 0.885. The molecule has 1 heterocycles. The SMILES string of the molecule is CS1(C)C2=C(C=CC(c3ccc4c5cccc6cccc(c7cccc3c74)c65)C2)c2cc3c(cc21)=C(C1C=CC(c2ccccc2)=CC1)C1=CC=CCC1C=3c1ccc(-c2ccccc2)cc1. The van der Waals surface area contributed by atoms with Crippen LogP contribution in [0.5, 0.6) is 0 Å². The number of hydrogen-bond donors (Lipinski definition) is 0. The first-order valence-electron chi connectivity index (χ1n) is 24.1. The first kappa shape index (κ1) is 39.0. The quantitative estimate of drug-likeness (QED) is 0.119. The minimum Gasteiger partial charge on any atom is -0.196 e. The first-order valence-corrected chi connectivity index (χ1v) is 26.6. The summed E-state index contributed by atoms with van der Waals surface area (Å²) in [5.41, 5.74) is 15.3. The Balaban J connectivity index is 0.937. The van der Waals surface area contributed by atoms with Crippen molar-refractivity contribution < 1.29 is 0 Å². The predicted octanol–water partition coefficient (Wildman–Crippen LogP) is 15.8. The van der Waals surface area contributed by atoms with Gasteiger partial charge in [-0.15, -0.1) is 0 Å². The highest BCUT2D eigenvalue weighted by Gasteiger charge is 2.39. The van der Waals surface area contributed by atoms with Gasteiger partial charge in [-0.2, -0.15) is 10.0 Å². The van der Waals surface area contributed by atoms with E-state index in [4.69, 9.17) is 0 Å². The molecule has 1 heteroatoms. The van der Waals surface area contributed by atoms with Crippen LogP contribution in [0.4, 0.5) is 0 Å². The van der Waals surface area contributed by atoms with Gasteiger partial charge in [0.15, 0.2) is 0 Å². The van der Waals surface area contributed by atoms with E-state index in [0.29, 0.717) is 11.8 Å². The van der Waals surface area contributed by atoms with Gasteiger partial charge >= 0.3 is 0 Å². The number of benzene rings is 9. The number of fused-ring (bicyclic) bond motifs is 6. The predicted molar refractivity (Wildman–Crippen MR) is 289 cm³/mol. The molecule has 0 nitrogen and oxygen atoms in total. The fraction of sp³-hybridized carbons (Fsp3) is 0.121.